The minimum Gasteiger partial charge on any atom is -0.388 e. The van der Waals surface area contributed by atoms with Crippen LogP contribution in [-0.4, -0.2) is 5.11 Å². The maximum Gasteiger partial charge on any atom is 0.137 e. The smallest absolute Gasteiger partial charge is 0.137 e. The zero-order valence-electron chi connectivity index (χ0n) is 9.41. The van der Waals surface area contributed by atoms with Gasteiger partial charge in [0.2, 0.25) is 0 Å². The molecule has 0 aromatic heterocycles. The number of rotatable bonds is 3. The summed E-state index contributed by atoms with van der Waals surface area (Å²) in [7, 11) is 0. The molecule has 1 atom stereocenters. The molecule has 0 heterocycles. The molecular weight excluding hydrogens is 363 g/mol. The molecular formula is C14H11Br2FO. The summed E-state index contributed by atoms with van der Waals surface area (Å²) in [5.74, 6) is -0.362. The van der Waals surface area contributed by atoms with E-state index in [1.165, 1.54) is 6.07 Å². The lowest BCUT2D eigenvalue weighted by Crippen LogP contribution is -2.04. The van der Waals surface area contributed by atoms with Gasteiger partial charge in [0.1, 0.15) is 5.82 Å². The van der Waals surface area contributed by atoms with E-state index in [1.54, 1.807) is 12.1 Å². The van der Waals surface area contributed by atoms with Gasteiger partial charge in [-0.1, -0.05) is 46.3 Å². The van der Waals surface area contributed by atoms with Crippen LogP contribution in [0.3, 0.4) is 0 Å². The van der Waals surface area contributed by atoms with Crippen molar-refractivity contribution in [2.24, 2.45) is 0 Å². The monoisotopic (exact) mass is 372 g/mol. The first-order valence-corrected chi connectivity index (χ1v) is 7.03. The second-order valence-corrected chi connectivity index (χ2v) is 5.60. The molecule has 0 saturated carbocycles. The Morgan fingerprint density at radius 1 is 1.06 bits per heavy atom. The molecule has 0 aliphatic carbocycles. The molecule has 1 nitrogen and oxygen atoms in total. The van der Waals surface area contributed by atoms with E-state index in [-0.39, 0.29) is 5.82 Å². The Bertz CT molecular complexity index is 557. The highest BCUT2D eigenvalue weighted by molar-refractivity contribution is 9.10. The molecule has 1 N–H and O–H groups in total. The van der Waals surface area contributed by atoms with Crippen LogP contribution in [0, 0.1) is 5.82 Å². The SMILES string of the molecule is OC(Cc1ccccc1Br)c1cccc(F)c1Br. The van der Waals surface area contributed by atoms with Crippen LogP contribution < -0.4 is 0 Å². The van der Waals surface area contributed by atoms with E-state index >= 15 is 0 Å². The Morgan fingerprint density at radius 2 is 1.78 bits per heavy atom. The van der Waals surface area contributed by atoms with Gasteiger partial charge in [-0.15, -0.1) is 0 Å². The molecule has 0 radical (unpaired) electrons. The van der Waals surface area contributed by atoms with Crippen molar-refractivity contribution in [3.63, 3.8) is 0 Å². The minimum absolute atomic E-state index is 0.324. The molecule has 4 heteroatoms. The topological polar surface area (TPSA) is 20.2 Å². The van der Waals surface area contributed by atoms with Gasteiger partial charge in [0, 0.05) is 10.9 Å². The van der Waals surface area contributed by atoms with Crippen LogP contribution in [0.4, 0.5) is 4.39 Å². The molecule has 2 rings (SSSR count). The normalized spacial score (nSPS) is 12.4. The highest BCUT2D eigenvalue weighted by Crippen LogP contribution is 2.29. The third-order valence-electron chi connectivity index (χ3n) is 2.71. The van der Waals surface area contributed by atoms with Crippen LogP contribution in [0.1, 0.15) is 17.2 Å². The first-order chi connectivity index (χ1) is 8.59. The first-order valence-electron chi connectivity index (χ1n) is 5.45. The van der Waals surface area contributed by atoms with Gasteiger partial charge in [-0.2, -0.15) is 0 Å². The number of hydrogen-bond donors (Lipinski definition) is 1. The first kappa shape index (κ1) is 13.7. The Labute approximate surface area is 122 Å². The average Bonchev–Trinajstić information content (AvgIpc) is 2.35. The van der Waals surface area contributed by atoms with Gasteiger partial charge in [-0.05, 0) is 39.2 Å². The van der Waals surface area contributed by atoms with E-state index in [9.17, 15) is 9.50 Å². The predicted molar refractivity (Wildman–Crippen MR) is 76.9 cm³/mol. The molecule has 0 bridgehead atoms. The molecule has 94 valence electrons. The van der Waals surface area contributed by atoms with Crippen LogP contribution >= 0.6 is 31.9 Å². The number of aliphatic hydroxyl groups is 1. The lowest BCUT2D eigenvalue weighted by molar-refractivity contribution is 0.177. The third kappa shape index (κ3) is 2.99. The van der Waals surface area contributed by atoms with E-state index in [0.717, 1.165) is 10.0 Å². The van der Waals surface area contributed by atoms with E-state index < -0.39 is 6.10 Å². The van der Waals surface area contributed by atoms with Crippen molar-refractivity contribution < 1.29 is 9.50 Å². The Kier molecular flexibility index (Phi) is 4.54. The van der Waals surface area contributed by atoms with E-state index in [4.69, 9.17) is 0 Å². The second kappa shape index (κ2) is 5.95. The van der Waals surface area contributed by atoms with Gasteiger partial charge in [0.15, 0.2) is 0 Å². The fourth-order valence-electron chi connectivity index (χ4n) is 1.76. The predicted octanol–water partition coefficient (Wildman–Crippen LogP) is 4.63. The van der Waals surface area contributed by atoms with Gasteiger partial charge in [-0.25, -0.2) is 4.39 Å². The molecule has 0 fully saturated rings. The highest BCUT2D eigenvalue weighted by Gasteiger charge is 2.15. The zero-order valence-corrected chi connectivity index (χ0v) is 12.6. The largest absolute Gasteiger partial charge is 0.388 e. The molecule has 0 aliphatic rings. The molecule has 0 saturated heterocycles. The summed E-state index contributed by atoms with van der Waals surface area (Å²) in [5.41, 5.74) is 1.55. The van der Waals surface area contributed by atoms with E-state index in [1.807, 2.05) is 24.3 Å². The summed E-state index contributed by atoms with van der Waals surface area (Å²) >= 11 is 6.60. The maximum atomic E-state index is 13.4. The number of halogens is 3. The van der Waals surface area contributed by atoms with Gasteiger partial charge in [0.25, 0.3) is 0 Å². The molecule has 1 unspecified atom stereocenters. The van der Waals surface area contributed by atoms with Crippen molar-refractivity contribution in [1.82, 2.24) is 0 Å². The van der Waals surface area contributed by atoms with Crippen molar-refractivity contribution in [3.8, 4) is 0 Å². The minimum atomic E-state index is -0.742. The van der Waals surface area contributed by atoms with Gasteiger partial charge in [0.05, 0.1) is 10.6 Å². The fourth-order valence-corrected chi connectivity index (χ4v) is 2.74. The van der Waals surface area contributed by atoms with Crippen molar-refractivity contribution in [2.75, 3.05) is 0 Å². The standard InChI is InChI=1S/C14H11Br2FO/c15-11-6-2-1-4-9(11)8-13(18)10-5-3-7-12(17)14(10)16/h1-7,13,18H,8H2. The average molecular weight is 374 g/mol. The molecule has 18 heavy (non-hydrogen) atoms. The number of hydrogen-bond acceptors (Lipinski definition) is 1. The lowest BCUT2D eigenvalue weighted by atomic mass is 10.0. The molecule has 2 aromatic rings. The Balaban J connectivity index is 2.25. The molecule has 2 aromatic carbocycles. The molecule has 0 aliphatic heterocycles. The lowest BCUT2D eigenvalue weighted by Gasteiger charge is -2.14. The number of aliphatic hydroxyl groups excluding tert-OH is 1. The summed E-state index contributed by atoms with van der Waals surface area (Å²) in [6.07, 6.45) is -0.308. The summed E-state index contributed by atoms with van der Waals surface area (Å²) < 4.78 is 14.7. The summed E-state index contributed by atoms with van der Waals surface area (Å²) in [6, 6.07) is 12.3. The summed E-state index contributed by atoms with van der Waals surface area (Å²) in [4.78, 5) is 0. The third-order valence-corrected chi connectivity index (χ3v) is 4.32. The van der Waals surface area contributed by atoms with Gasteiger partial charge < -0.3 is 5.11 Å². The fraction of sp³-hybridized carbons (Fsp3) is 0.143. The summed E-state index contributed by atoms with van der Waals surface area (Å²) in [5, 5.41) is 10.2. The quantitative estimate of drug-likeness (QED) is 0.831. The van der Waals surface area contributed by atoms with Crippen molar-refractivity contribution >= 4 is 31.9 Å². The van der Waals surface area contributed by atoms with Crippen molar-refractivity contribution in [1.29, 1.82) is 0 Å². The van der Waals surface area contributed by atoms with Crippen molar-refractivity contribution in [2.45, 2.75) is 12.5 Å². The molecule has 0 spiro atoms. The van der Waals surface area contributed by atoms with Crippen LogP contribution in [0.2, 0.25) is 0 Å². The van der Waals surface area contributed by atoms with E-state index in [0.29, 0.717) is 16.5 Å². The van der Waals surface area contributed by atoms with Crippen LogP contribution in [0.25, 0.3) is 0 Å². The summed E-state index contributed by atoms with van der Waals surface area (Å²) in [6.45, 7) is 0. The van der Waals surface area contributed by atoms with Crippen LogP contribution in [-0.2, 0) is 6.42 Å². The van der Waals surface area contributed by atoms with Gasteiger partial charge in [-0.3, -0.25) is 0 Å². The van der Waals surface area contributed by atoms with Crippen molar-refractivity contribution in [3.05, 3.63) is 68.4 Å². The Hall–Kier alpha value is -0.710. The highest BCUT2D eigenvalue weighted by atomic mass is 79.9. The zero-order chi connectivity index (χ0) is 13.1. The molecule has 0 amide bonds. The maximum absolute atomic E-state index is 13.4. The van der Waals surface area contributed by atoms with E-state index in [2.05, 4.69) is 31.9 Å². The van der Waals surface area contributed by atoms with Crippen LogP contribution in [0.5, 0.6) is 0 Å². The Morgan fingerprint density at radius 3 is 2.50 bits per heavy atom. The number of benzene rings is 2. The van der Waals surface area contributed by atoms with Gasteiger partial charge >= 0.3 is 0 Å². The van der Waals surface area contributed by atoms with Crippen LogP contribution in [0.15, 0.2) is 51.4 Å². The second-order valence-electron chi connectivity index (χ2n) is 3.95.